The van der Waals surface area contributed by atoms with Gasteiger partial charge in [-0.05, 0) is 18.8 Å². The van der Waals surface area contributed by atoms with Gasteiger partial charge in [0.25, 0.3) is 0 Å². The Morgan fingerprint density at radius 3 is 2.62 bits per heavy atom. The molecule has 0 radical (unpaired) electrons. The van der Waals surface area contributed by atoms with Gasteiger partial charge in [0, 0.05) is 21.2 Å². The lowest BCUT2D eigenvalue weighted by atomic mass is 9.84. The van der Waals surface area contributed by atoms with Gasteiger partial charge in [-0.2, -0.15) is 0 Å². The van der Waals surface area contributed by atoms with Crippen LogP contribution in [0.2, 0.25) is 0 Å². The maximum Gasteiger partial charge on any atom is 0.0737 e. The van der Waals surface area contributed by atoms with Crippen LogP contribution in [-0.4, -0.2) is 6.10 Å². The smallest absolute Gasteiger partial charge is 0.0737 e. The summed E-state index contributed by atoms with van der Waals surface area (Å²) in [5.41, 5.74) is 0. The Kier molecular flexibility index (Phi) is 2.92. The van der Waals surface area contributed by atoms with E-state index in [9.17, 15) is 0 Å². The molecule has 0 aromatic heterocycles. The molecule has 1 nitrogen and oxygen atoms in total. The van der Waals surface area contributed by atoms with E-state index in [4.69, 9.17) is 4.18 Å². The van der Waals surface area contributed by atoms with Gasteiger partial charge in [-0.15, -0.1) is 0 Å². The molecule has 3 heteroatoms. The largest absolute Gasteiger partial charge is 0.302 e. The summed E-state index contributed by atoms with van der Waals surface area (Å²) in [4.78, 5) is 0. The number of rotatable bonds is 2. The van der Waals surface area contributed by atoms with Gasteiger partial charge in [-0.3, -0.25) is 0 Å². The lowest BCUT2D eigenvalue weighted by Gasteiger charge is -2.30. The molecule has 0 N–H and O–H groups in total. The molecule has 0 bridgehead atoms. The van der Waals surface area contributed by atoms with Crippen LogP contribution in [0.25, 0.3) is 0 Å². The van der Waals surface area contributed by atoms with Crippen molar-refractivity contribution in [1.29, 1.82) is 0 Å². The monoisotopic (exact) mass is 244 g/mol. The summed E-state index contributed by atoms with van der Waals surface area (Å²) < 4.78 is 5.25. The molecule has 0 spiro atoms. The molecule has 1 aliphatic rings. The van der Waals surface area contributed by atoms with Crippen LogP contribution in [0.5, 0.6) is 0 Å². The predicted octanol–water partition coefficient (Wildman–Crippen LogP) is 2.80. The fraction of sp³-hybridized carbons (Fsp3) is 1.00. The van der Waals surface area contributed by atoms with E-state index in [1.54, 1.807) is 0 Å². The second kappa shape index (κ2) is 3.27. The second-order valence-electron chi connectivity index (χ2n) is 2.36. The van der Waals surface area contributed by atoms with Crippen LogP contribution < -0.4 is 0 Å². The zero-order valence-electron chi connectivity index (χ0n) is 4.76. The third-order valence-electron chi connectivity index (χ3n) is 1.50. The van der Waals surface area contributed by atoms with E-state index < -0.39 is 0 Å². The average Bonchev–Trinajstić information content (AvgIpc) is 1.64. The van der Waals surface area contributed by atoms with Crippen LogP contribution in [0.4, 0.5) is 0 Å². The highest BCUT2D eigenvalue weighted by Gasteiger charge is 2.25. The number of halogens is 1. The van der Waals surface area contributed by atoms with Gasteiger partial charge in [0.2, 0.25) is 0 Å². The first-order valence-corrected chi connectivity index (χ1v) is 6.05. The molecular weight excluding hydrogens is 235 g/mol. The van der Waals surface area contributed by atoms with Crippen LogP contribution in [0.3, 0.4) is 0 Å². The Morgan fingerprint density at radius 2 is 2.25 bits per heavy atom. The lowest BCUT2D eigenvalue weighted by molar-refractivity contribution is 0.0974. The van der Waals surface area contributed by atoms with Crippen molar-refractivity contribution in [3.05, 3.63) is 0 Å². The van der Waals surface area contributed by atoms with Crippen LogP contribution >= 0.6 is 30.4 Å². The molecule has 0 amide bonds. The predicted molar refractivity (Wildman–Crippen MR) is 44.9 cm³/mol. The van der Waals surface area contributed by atoms with Crippen molar-refractivity contribution in [2.45, 2.75) is 25.9 Å². The molecule has 1 saturated carbocycles. The quantitative estimate of drug-likeness (QED) is 0.545. The van der Waals surface area contributed by atoms with Crippen LogP contribution in [0.1, 0.15) is 19.8 Å². The van der Waals surface area contributed by atoms with Crippen LogP contribution in [0.15, 0.2) is 0 Å². The fourth-order valence-electron chi connectivity index (χ4n) is 0.959. The zero-order chi connectivity index (χ0) is 5.98. The summed E-state index contributed by atoms with van der Waals surface area (Å²) in [5.74, 6) is 0.906. The van der Waals surface area contributed by atoms with Crippen molar-refractivity contribution >= 4 is 30.4 Å². The summed E-state index contributed by atoms with van der Waals surface area (Å²) in [6, 6.07) is 0. The van der Waals surface area contributed by atoms with Gasteiger partial charge in [0.15, 0.2) is 0 Å². The first-order valence-electron chi connectivity index (χ1n) is 2.77. The van der Waals surface area contributed by atoms with Crippen molar-refractivity contribution in [3.8, 4) is 0 Å². The molecule has 1 fully saturated rings. The average molecular weight is 244 g/mol. The molecule has 1 aliphatic carbocycles. The molecule has 48 valence electrons. The minimum atomic E-state index is 0.562. The topological polar surface area (TPSA) is 9.23 Å². The molecule has 0 saturated heterocycles. The maximum atomic E-state index is 5.25. The molecule has 0 aromatic rings. The molecule has 0 aliphatic heterocycles. The summed E-state index contributed by atoms with van der Waals surface area (Å²) in [5, 5.41) is 0. The van der Waals surface area contributed by atoms with Gasteiger partial charge in [0.05, 0.1) is 15.3 Å². The van der Waals surface area contributed by atoms with Crippen molar-refractivity contribution < 1.29 is 4.18 Å². The minimum absolute atomic E-state index is 0.562. The highest BCUT2D eigenvalue weighted by Crippen LogP contribution is 2.33. The minimum Gasteiger partial charge on any atom is -0.302 e. The molecule has 0 aromatic carbocycles. The zero-order valence-corrected chi connectivity index (χ0v) is 7.74. The van der Waals surface area contributed by atoms with Crippen molar-refractivity contribution in [2.75, 3.05) is 0 Å². The normalized spacial score (nSPS) is 36.8. The van der Waals surface area contributed by atoms with Gasteiger partial charge in [-0.25, -0.2) is 0 Å². The van der Waals surface area contributed by atoms with Gasteiger partial charge in [0.1, 0.15) is 0 Å². The van der Waals surface area contributed by atoms with E-state index >= 15 is 0 Å². The van der Waals surface area contributed by atoms with Gasteiger partial charge < -0.3 is 4.18 Å². The van der Waals surface area contributed by atoms with E-state index in [1.165, 1.54) is 22.1 Å². The van der Waals surface area contributed by atoms with E-state index in [1.807, 2.05) is 0 Å². The first kappa shape index (κ1) is 7.15. The van der Waals surface area contributed by atoms with E-state index in [0.717, 1.165) is 5.92 Å². The fourth-order valence-corrected chi connectivity index (χ4v) is 2.10. The summed E-state index contributed by atoms with van der Waals surface area (Å²) >= 11 is 2.16. The molecule has 0 unspecified atom stereocenters. The lowest BCUT2D eigenvalue weighted by Crippen LogP contribution is -2.26. The number of hydrogen-bond donors (Lipinski definition) is 0. The Bertz CT molecular complexity index is 70.1. The van der Waals surface area contributed by atoms with E-state index in [2.05, 4.69) is 28.1 Å². The van der Waals surface area contributed by atoms with Crippen LogP contribution in [0, 0.1) is 5.92 Å². The molecular formula is C5H9IOS. The Morgan fingerprint density at radius 1 is 1.62 bits per heavy atom. The third kappa shape index (κ3) is 1.77. The van der Waals surface area contributed by atoms with Crippen molar-refractivity contribution in [3.63, 3.8) is 0 Å². The Labute approximate surface area is 66.3 Å². The van der Waals surface area contributed by atoms with Crippen molar-refractivity contribution in [1.82, 2.24) is 0 Å². The molecule has 8 heavy (non-hydrogen) atoms. The summed E-state index contributed by atoms with van der Waals surface area (Å²) in [6.45, 7) is 2.26. The summed E-state index contributed by atoms with van der Waals surface area (Å²) in [7, 11) is 1.46. The van der Waals surface area contributed by atoms with Gasteiger partial charge in [-0.1, -0.05) is 6.92 Å². The molecule has 0 heterocycles. The van der Waals surface area contributed by atoms with Crippen LogP contribution in [-0.2, 0) is 4.18 Å². The Balaban J connectivity index is 1.98. The molecule has 0 atom stereocenters. The number of hydrogen-bond acceptors (Lipinski definition) is 2. The van der Waals surface area contributed by atoms with E-state index in [-0.39, 0.29) is 0 Å². The standard InChI is InChI=1S/C5H9IOS/c1-4-2-5(3-4)7-8-6/h4-5H,2-3H2,1H3. The third-order valence-corrected chi connectivity index (χ3v) is 2.47. The SMILES string of the molecule is CC1CC(OSI)C1. The second-order valence-corrected chi connectivity index (χ2v) is 3.75. The van der Waals surface area contributed by atoms with Gasteiger partial charge >= 0.3 is 0 Å². The summed E-state index contributed by atoms with van der Waals surface area (Å²) in [6.07, 6.45) is 3.08. The van der Waals surface area contributed by atoms with E-state index in [0.29, 0.717) is 6.10 Å². The first-order chi connectivity index (χ1) is 3.83. The Hall–Kier alpha value is 1.04. The molecule has 1 rings (SSSR count). The van der Waals surface area contributed by atoms with Crippen molar-refractivity contribution in [2.24, 2.45) is 5.92 Å². The maximum absolute atomic E-state index is 5.25. The highest BCUT2D eigenvalue weighted by atomic mass is 127. The highest BCUT2D eigenvalue weighted by molar-refractivity contribution is 14.2.